The summed E-state index contributed by atoms with van der Waals surface area (Å²) in [7, 11) is -2.84. The number of tetrazole rings is 1. The summed E-state index contributed by atoms with van der Waals surface area (Å²) < 4.78 is 71.3. The van der Waals surface area contributed by atoms with Crippen LogP contribution < -0.4 is 5.32 Å². The average molecular weight is 405 g/mol. The minimum atomic E-state index is -4.90. The van der Waals surface area contributed by atoms with E-state index < -0.39 is 44.2 Å². The molecule has 1 N–H and O–H groups in total. The normalized spacial score (nSPS) is 18.3. The van der Waals surface area contributed by atoms with Crippen LogP contribution in [0.1, 0.15) is 34.5 Å². The van der Waals surface area contributed by atoms with Crippen LogP contribution in [0.2, 0.25) is 0 Å². The van der Waals surface area contributed by atoms with Crippen LogP contribution in [0.25, 0.3) is 0 Å². The molecule has 2 heterocycles. The number of amides is 1. The van der Waals surface area contributed by atoms with Gasteiger partial charge in [0.15, 0.2) is 9.84 Å². The van der Waals surface area contributed by atoms with Crippen molar-refractivity contribution in [1.29, 1.82) is 0 Å². The largest absolute Gasteiger partial charge is 0.417 e. The molecule has 1 aromatic carbocycles. The molecule has 1 aliphatic rings. The van der Waals surface area contributed by atoms with E-state index in [2.05, 4.69) is 20.8 Å². The maximum Gasteiger partial charge on any atom is 0.417 e. The average Bonchev–Trinajstić information content (AvgIpc) is 3.07. The van der Waals surface area contributed by atoms with Gasteiger partial charge in [0.1, 0.15) is 0 Å². The monoisotopic (exact) mass is 405 g/mol. The van der Waals surface area contributed by atoms with E-state index in [1.54, 1.807) is 6.92 Å². The van der Waals surface area contributed by atoms with Crippen molar-refractivity contribution in [2.24, 2.45) is 7.05 Å². The third-order valence-electron chi connectivity index (χ3n) is 3.96. The lowest BCUT2D eigenvalue weighted by Crippen LogP contribution is -2.20. The Hall–Kier alpha value is -2.54. The quantitative estimate of drug-likeness (QED) is 0.816. The van der Waals surface area contributed by atoms with Crippen molar-refractivity contribution in [3.63, 3.8) is 0 Å². The molecule has 1 amide bonds. The highest BCUT2D eigenvalue weighted by Crippen LogP contribution is 2.45. The fraction of sp³-hybridized carbons (Fsp3) is 0.429. The van der Waals surface area contributed by atoms with Crippen molar-refractivity contribution in [2.75, 3.05) is 17.7 Å². The van der Waals surface area contributed by atoms with Gasteiger partial charge >= 0.3 is 6.18 Å². The molecule has 0 saturated carbocycles. The minimum absolute atomic E-state index is 0.0533. The van der Waals surface area contributed by atoms with Gasteiger partial charge in [-0.2, -0.15) is 13.2 Å². The first-order valence-corrected chi connectivity index (χ1v) is 9.33. The number of anilines is 1. The molecule has 9 nitrogen and oxygen atoms in total. The summed E-state index contributed by atoms with van der Waals surface area (Å²) in [6, 6.07) is 1.50. The number of alkyl halides is 3. The summed E-state index contributed by atoms with van der Waals surface area (Å²) in [5.41, 5.74) is -1.88. The molecule has 0 bridgehead atoms. The first-order valence-electron chi connectivity index (χ1n) is 7.68. The first kappa shape index (κ1) is 19.2. The highest BCUT2D eigenvalue weighted by atomic mass is 32.2. The zero-order valence-electron chi connectivity index (χ0n) is 14.1. The van der Waals surface area contributed by atoms with E-state index in [0.29, 0.717) is 6.07 Å². The Balaban J connectivity index is 2.18. The number of nitrogens with zero attached hydrogens (tertiary/aromatic N) is 4. The second-order valence-corrected chi connectivity index (χ2v) is 7.68. The summed E-state index contributed by atoms with van der Waals surface area (Å²) in [6.45, 7) is 1.63. The third kappa shape index (κ3) is 3.39. The molecule has 0 radical (unpaired) electrons. The number of benzene rings is 1. The standard InChI is InChI=1S/C14H14F3N5O4S/c1-3-26-9-6-27(24,25)11-8(14(15,16)17)5-4-7(10(9)11)12(23)18-13-19-20-21-22(13)2/h4-5,9H,3,6H2,1-2H3,(H,18,19,21,23). The fourth-order valence-corrected chi connectivity index (χ4v) is 4.80. The Morgan fingerprint density at radius 1 is 1.41 bits per heavy atom. The Morgan fingerprint density at radius 2 is 2.11 bits per heavy atom. The van der Waals surface area contributed by atoms with E-state index in [-0.39, 0.29) is 23.7 Å². The molecule has 13 heteroatoms. The van der Waals surface area contributed by atoms with Crippen molar-refractivity contribution in [2.45, 2.75) is 24.1 Å². The van der Waals surface area contributed by atoms with Gasteiger partial charge in [-0.25, -0.2) is 13.1 Å². The maximum absolute atomic E-state index is 13.4. The van der Waals surface area contributed by atoms with Crippen LogP contribution in [-0.4, -0.2) is 46.9 Å². The summed E-state index contributed by atoms with van der Waals surface area (Å²) in [5.74, 6) is -1.57. The number of rotatable bonds is 4. The molecule has 2 aromatic rings. The van der Waals surface area contributed by atoms with Gasteiger partial charge in [-0.1, -0.05) is 5.10 Å². The molecule has 1 unspecified atom stereocenters. The van der Waals surface area contributed by atoms with Gasteiger partial charge in [-0.15, -0.1) is 0 Å². The fourth-order valence-electron chi connectivity index (χ4n) is 2.88. The van der Waals surface area contributed by atoms with Crippen LogP contribution in [0.5, 0.6) is 0 Å². The molecule has 1 aliphatic heterocycles. The van der Waals surface area contributed by atoms with Crippen molar-refractivity contribution in [1.82, 2.24) is 20.2 Å². The Kier molecular flexibility index (Phi) is 4.67. The zero-order chi connectivity index (χ0) is 20.0. The molecule has 27 heavy (non-hydrogen) atoms. The van der Waals surface area contributed by atoms with Crippen LogP contribution in [0.3, 0.4) is 0 Å². The third-order valence-corrected chi connectivity index (χ3v) is 5.77. The molecule has 3 rings (SSSR count). The van der Waals surface area contributed by atoms with Crippen molar-refractivity contribution < 1.29 is 31.1 Å². The molecular weight excluding hydrogens is 391 g/mol. The van der Waals surface area contributed by atoms with Gasteiger partial charge in [-0.05, 0) is 29.5 Å². The molecule has 0 aliphatic carbocycles. The van der Waals surface area contributed by atoms with Gasteiger partial charge < -0.3 is 4.74 Å². The van der Waals surface area contributed by atoms with Crippen molar-refractivity contribution in [3.05, 3.63) is 28.8 Å². The number of hydrogen-bond acceptors (Lipinski definition) is 7. The maximum atomic E-state index is 13.4. The topological polar surface area (TPSA) is 116 Å². The van der Waals surface area contributed by atoms with Crippen LogP contribution in [0.4, 0.5) is 19.1 Å². The number of carbonyl (C=O) groups excluding carboxylic acids is 1. The Morgan fingerprint density at radius 3 is 2.67 bits per heavy atom. The van der Waals surface area contributed by atoms with Crippen LogP contribution in [0.15, 0.2) is 17.0 Å². The molecule has 0 spiro atoms. The number of aromatic nitrogens is 4. The lowest BCUT2D eigenvalue weighted by atomic mass is 9.99. The van der Waals surface area contributed by atoms with Crippen LogP contribution >= 0.6 is 0 Å². The predicted molar refractivity (Wildman–Crippen MR) is 84.6 cm³/mol. The lowest BCUT2D eigenvalue weighted by Gasteiger charge is -2.17. The molecule has 0 fully saturated rings. The highest BCUT2D eigenvalue weighted by Gasteiger charge is 2.46. The number of ether oxygens (including phenoxy) is 1. The van der Waals surface area contributed by atoms with E-state index in [0.717, 1.165) is 10.7 Å². The lowest BCUT2D eigenvalue weighted by molar-refractivity contribution is -0.140. The van der Waals surface area contributed by atoms with E-state index in [9.17, 15) is 26.4 Å². The van der Waals surface area contributed by atoms with Crippen molar-refractivity contribution in [3.8, 4) is 0 Å². The summed E-state index contributed by atoms with van der Waals surface area (Å²) in [4.78, 5) is 11.7. The van der Waals surface area contributed by atoms with Crippen LogP contribution in [0, 0.1) is 0 Å². The molecule has 146 valence electrons. The van der Waals surface area contributed by atoms with Gasteiger partial charge in [0, 0.05) is 24.8 Å². The number of aryl methyl sites for hydroxylation is 1. The first-order chi connectivity index (χ1) is 12.6. The second-order valence-electron chi connectivity index (χ2n) is 5.71. The van der Waals surface area contributed by atoms with E-state index in [4.69, 9.17) is 4.74 Å². The Bertz CT molecular complexity index is 1000. The summed E-state index contributed by atoms with van der Waals surface area (Å²) in [6.07, 6.45) is -6.09. The summed E-state index contributed by atoms with van der Waals surface area (Å²) in [5, 5.41) is 12.8. The van der Waals surface area contributed by atoms with Crippen LogP contribution in [-0.2, 0) is 27.8 Å². The summed E-state index contributed by atoms with van der Waals surface area (Å²) >= 11 is 0. The zero-order valence-corrected chi connectivity index (χ0v) is 14.9. The molecular formula is C14H14F3N5O4S. The number of nitrogens with one attached hydrogen (secondary N) is 1. The van der Waals surface area contributed by atoms with Gasteiger partial charge in [0.2, 0.25) is 5.95 Å². The highest BCUT2D eigenvalue weighted by molar-refractivity contribution is 7.91. The SMILES string of the molecule is CCOC1CS(=O)(=O)c2c(C(F)(F)F)ccc(C(=O)Nc3nnnn3C)c21. The minimum Gasteiger partial charge on any atom is -0.373 e. The smallest absolute Gasteiger partial charge is 0.373 e. The van der Waals surface area contributed by atoms with E-state index in [1.165, 1.54) is 7.05 Å². The van der Waals surface area contributed by atoms with Gasteiger partial charge in [-0.3, -0.25) is 10.1 Å². The number of halogens is 3. The molecule has 0 saturated heterocycles. The van der Waals surface area contributed by atoms with E-state index >= 15 is 0 Å². The number of hydrogen-bond donors (Lipinski definition) is 1. The molecule has 1 atom stereocenters. The molecule has 1 aromatic heterocycles. The number of fused-ring (bicyclic) bond motifs is 1. The predicted octanol–water partition coefficient (Wildman–Crippen LogP) is 1.35. The second kappa shape index (κ2) is 6.56. The Labute approximate surface area is 151 Å². The number of carbonyl (C=O) groups is 1. The van der Waals surface area contributed by atoms with E-state index in [1.807, 2.05) is 0 Å². The van der Waals surface area contributed by atoms with Gasteiger partial charge in [0.05, 0.1) is 22.3 Å². The number of sulfone groups is 1. The van der Waals surface area contributed by atoms with Crippen molar-refractivity contribution >= 4 is 21.7 Å². The van der Waals surface area contributed by atoms with Gasteiger partial charge in [0.25, 0.3) is 5.91 Å².